The van der Waals surface area contributed by atoms with E-state index < -0.39 is 18.0 Å². The number of benzene rings is 2. The maximum absolute atomic E-state index is 12.9. The predicted octanol–water partition coefficient (Wildman–Crippen LogP) is 3.35. The van der Waals surface area contributed by atoms with E-state index in [4.69, 9.17) is 16.3 Å². The van der Waals surface area contributed by atoms with Crippen molar-refractivity contribution >= 4 is 29.5 Å². The van der Waals surface area contributed by atoms with Gasteiger partial charge in [-0.2, -0.15) is 0 Å². The third-order valence-electron chi connectivity index (χ3n) is 5.63. The molecule has 0 fully saturated rings. The molecule has 0 aliphatic carbocycles. The largest absolute Gasteiger partial charge is 0.456 e. The van der Waals surface area contributed by atoms with Crippen molar-refractivity contribution in [2.24, 2.45) is 0 Å². The van der Waals surface area contributed by atoms with Crippen LogP contribution in [0.5, 0.6) is 0 Å². The summed E-state index contributed by atoms with van der Waals surface area (Å²) >= 11 is 6.29. The van der Waals surface area contributed by atoms with Crippen LogP contribution in [0.15, 0.2) is 65.9 Å². The van der Waals surface area contributed by atoms with Crippen LogP contribution in [-0.4, -0.2) is 42.0 Å². The second kappa shape index (κ2) is 9.44. The van der Waals surface area contributed by atoms with Crippen molar-refractivity contribution in [3.8, 4) is 0 Å². The third kappa shape index (κ3) is 4.62. The molecule has 3 amide bonds. The molecule has 32 heavy (non-hydrogen) atoms. The number of amides is 3. The van der Waals surface area contributed by atoms with E-state index in [0.29, 0.717) is 21.9 Å². The zero-order chi connectivity index (χ0) is 22.7. The highest BCUT2D eigenvalue weighted by Crippen LogP contribution is 2.37. The van der Waals surface area contributed by atoms with Gasteiger partial charge in [-0.1, -0.05) is 60.1 Å². The van der Waals surface area contributed by atoms with Crippen molar-refractivity contribution in [2.75, 3.05) is 13.2 Å². The maximum atomic E-state index is 12.9. The maximum Gasteiger partial charge on any atom is 0.338 e. The molecule has 2 N–H and O–H groups in total. The minimum absolute atomic E-state index is 0.0562. The molecule has 2 aromatic rings. The van der Waals surface area contributed by atoms with Gasteiger partial charge in [0.25, 0.3) is 0 Å². The molecule has 166 valence electrons. The van der Waals surface area contributed by atoms with Gasteiger partial charge in [0.2, 0.25) is 5.91 Å². The summed E-state index contributed by atoms with van der Waals surface area (Å²) in [4.78, 5) is 39.2. The minimum atomic E-state index is -0.717. The number of hydrogen-bond donors (Lipinski definition) is 2. The number of cyclic esters (lactones) is 1. The van der Waals surface area contributed by atoms with Crippen LogP contribution in [0.2, 0.25) is 5.02 Å². The summed E-state index contributed by atoms with van der Waals surface area (Å²) in [6.07, 6.45) is 1.61. The van der Waals surface area contributed by atoms with E-state index in [1.807, 2.05) is 37.3 Å². The van der Waals surface area contributed by atoms with Crippen LogP contribution in [0.1, 0.15) is 30.5 Å². The van der Waals surface area contributed by atoms with Crippen LogP contribution < -0.4 is 10.6 Å². The quantitative estimate of drug-likeness (QED) is 0.629. The Labute approximate surface area is 191 Å². The highest BCUT2D eigenvalue weighted by atomic mass is 35.5. The van der Waals surface area contributed by atoms with Gasteiger partial charge < -0.3 is 15.4 Å². The van der Waals surface area contributed by atoms with E-state index in [0.717, 1.165) is 12.8 Å². The van der Waals surface area contributed by atoms with Crippen molar-refractivity contribution in [1.29, 1.82) is 0 Å². The Kier molecular flexibility index (Phi) is 6.46. The number of nitrogens with one attached hydrogen (secondary N) is 2. The molecule has 0 spiro atoms. The summed E-state index contributed by atoms with van der Waals surface area (Å²) in [5.74, 6) is -0.824. The fourth-order valence-corrected chi connectivity index (χ4v) is 4.23. The van der Waals surface area contributed by atoms with Crippen LogP contribution in [0, 0.1) is 0 Å². The zero-order valence-electron chi connectivity index (χ0n) is 17.6. The second-order valence-corrected chi connectivity index (χ2v) is 8.33. The molecule has 0 bridgehead atoms. The van der Waals surface area contributed by atoms with Gasteiger partial charge in [-0.05, 0) is 37.0 Å². The van der Waals surface area contributed by atoms with E-state index in [1.165, 1.54) is 10.5 Å². The lowest BCUT2D eigenvalue weighted by Crippen LogP contribution is -2.51. The summed E-state index contributed by atoms with van der Waals surface area (Å²) in [7, 11) is 0. The Hall–Kier alpha value is -3.32. The molecule has 0 saturated carbocycles. The van der Waals surface area contributed by atoms with Gasteiger partial charge in [0.1, 0.15) is 13.2 Å². The number of urea groups is 1. The van der Waals surface area contributed by atoms with E-state index in [9.17, 15) is 14.4 Å². The highest BCUT2D eigenvalue weighted by molar-refractivity contribution is 6.31. The Balaban J connectivity index is 1.45. The first-order valence-electron chi connectivity index (χ1n) is 10.5. The molecule has 0 saturated heterocycles. The van der Waals surface area contributed by atoms with Gasteiger partial charge in [0.15, 0.2) is 0 Å². The molecule has 7 nitrogen and oxygen atoms in total. The predicted molar refractivity (Wildman–Crippen MR) is 120 cm³/mol. The lowest BCUT2D eigenvalue weighted by molar-refractivity contribution is -0.136. The number of carbonyl (C=O) groups excluding carboxylic acids is 3. The Morgan fingerprint density at radius 3 is 2.66 bits per heavy atom. The van der Waals surface area contributed by atoms with Gasteiger partial charge in [-0.15, -0.1) is 0 Å². The van der Waals surface area contributed by atoms with E-state index in [1.54, 1.807) is 24.3 Å². The molecule has 0 unspecified atom stereocenters. The first-order chi connectivity index (χ1) is 15.4. The monoisotopic (exact) mass is 453 g/mol. The topological polar surface area (TPSA) is 87.7 Å². The molecule has 2 aliphatic rings. The van der Waals surface area contributed by atoms with Crippen molar-refractivity contribution < 1.29 is 19.1 Å². The van der Waals surface area contributed by atoms with Gasteiger partial charge in [0, 0.05) is 11.1 Å². The fourth-order valence-electron chi connectivity index (χ4n) is 3.98. The number of nitrogens with zero attached hydrogens (tertiary/aromatic N) is 1. The average Bonchev–Trinajstić information content (AvgIpc) is 3.17. The Morgan fingerprint density at radius 1 is 1.19 bits per heavy atom. The van der Waals surface area contributed by atoms with Gasteiger partial charge in [-0.25, -0.2) is 9.59 Å². The molecule has 0 aromatic heterocycles. The van der Waals surface area contributed by atoms with Crippen molar-refractivity contribution in [2.45, 2.75) is 31.8 Å². The number of rotatable bonds is 7. The van der Waals surface area contributed by atoms with Crippen LogP contribution in [0.4, 0.5) is 4.79 Å². The van der Waals surface area contributed by atoms with Gasteiger partial charge >= 0.3 is 12.0 Å². The number of ether oxygens (including phenoxy) is 1. The zero-order valence-corrected chi connectivity index (χ0v) is 18.4. The second-order valence-electron chi connectivity index (χ2n) is 7.92. The molecule has 2 heterocycles. The summed E-state index contributed by atoms with van der Waals surface area (Å²) in [5.41, 5.74) is 2.51. The van der Waals surface area contributed by atoms with Crippen LogP contribution in [0.25, 0.3) is 0 Å². The summed E-state index contributed by atoms with van der Waals surface area (Å²) < 4.78 is 5.20. The molecule has 4 rings (SSSR count). The number of aryl methyl sites for hydroxylation is 1. The minimum Gasteiger partial charge on any atom is -0.456 e. The number of halogens is 1. The Bertz CT molecular complexity index is 1070. The Morgan fingerprint density at radius 2 is 1.91 bits per heavy atom. The first-order valence-corrected chi connectivity index (χ1v) is 10.9. The smallest absolute Gasteiger partial charge is 0.338 e. The van der Waals surface area contributed by atoms with Crippen LogP contribution >= 0.6 is 11.6 Å². The summed E-state index contributed by atoms with van der Waals surface area (Å²) in [6.45, 7) is 1.67. The molecule has 2 aliphatic heterocycles. The van der Waals surface area contributed by atoms with Crippen LogP contribution in [-0.2, 0) is 20.7 Å². The summed E-state index contributed by atoms with van der Waals surface area (Å²) in [6, 6.07) is 15.8. The van der Waals surface area contributed by atoms with Gasteiger partial charge in [0.05, 0.1) is 17.3 Å². The number of esters is 1. The number of hydrogen-bond acceptors (Lipinski definition) is 4. The summed E-state index contributed by atoms with van der Waals surface area (Å²) in [5, 5.41) is 6.16. The average molecular weight is 454 g/mol. The molecule has 0 radical (unpaired) electrons. The van der Waals surface area contributed by atoms with Crippen molar-refractivity contribution in [3.05, 3.63) is 82.0 Å². The normalized spacial score (nSPS) is 18.7. The number of carbonyl (C=O) groups is 3. The standard InChI is InChI=1S/C24H24ClN3O4/c1-15(11-12-16-7-3-2-4-8-16)26-20(29)13-28-19-14-32-23(30)21(19)22(27-24(28)31)17-9-5-6-10-18(17)25/h2-10,15,22H,11-14H2,1H3,(H,26,29)(H,27,31)/t15-,22+/m0/s1. The third-order valence-corrected chi connectivity index (χ3v) is 5.98. The molecule has 2 aromatic carbocycles. The molecule has 8 heteroatoms. The molecular weight excluding hydrogens is 430 g/mol. The van der Waals surface area contributed by atoms with E-state index in [2.05, 4.69) is 10.6 Å². The lowest BCUT2D eigenvalue weighted by atomic mass is 9.95. The van der Waals surface area contributed by atoms with Crippen molar-refractivity contribution in [3.63, 3.8) is 0 Å². The molecule has 2 atom stereocenters. The van der Waals surface area contributed by atoms with E-state index >= 15 is 0 Å². The van der Waals surface area contributed by atoms with Gasteiger partial charge in [-0.3, -0.25) is 9.69 Å². The lowest BCUT2D eigenvalue weighted by Gasteiger charge is -2.33. The van der Waals surface area contributed by atoms with E-state index in [-0.39, 0.29) is 25.1 Å². The fraction of sp³-hybridized carbons (Fsp3) is 0.292. The molecular formula is C24H24ClN3O4. The first kappa shape index (κ1) is 21.9. The highest BCUT2D eigenvalue weighted by Gasteiger charge is 2.43. The SMILES string of the molecule is C[C@@H](CCc1ccccc1)NC(=O)CN1C(=O)N[C@H](c2ccccc2Cl)C2=C1COC2=O. The van der Waals surface area contributed by atoms with Crippen molar-refractivity contribution in [1.82, 2.24) is 15.5 Å². The van der Waals surface area contributed by atoms with Crippen LogP contribution in [0.3, 0.4) is 0 Å².